The number of ether oxygens (including phenoxy) is 1. The number of carbonyl (C=O) groups excluding carboxylic acids is 1. The fraction of sp³-hybridized carbons (Fsp3) is 0.450. The van der Waals surface area contributed by atoms with E-state index in [-0.39, 0.29) is 17.8 Å². The van der Waals surface area contributed by atoms with Crippen LogP contribution in [-0.4, -0.2) is 30.5 Å². The number of ketones is 1. The third-order valence-electron chi connectivity index (χ3n) is 4.77. The minimum atomic E-state index is -0.398. The second-order valence-electron chi connectivity index (χ2n) is 7.52. The highest BCUT2D eigenvalue weighted by Gasteiger charge is 2.41. The molecule has 1 unspecified atom stereocenters. The predicted octanol–water partition coefficient (Wildman–Crippen LogP) is 2.16. The van der Waals surface area contributed by atoms with Gasteiger partial charge in [0.2, 0.25) is 0 Å². The van der Waals surface area contributed by atoms with E-state index in [0.717, 1.165) is 17.7 Å². The maximum absolute atomic E-state index is 13.0. The van der Waals surface area contributed by atoms with E-state index < -0.39 is 5.92 Å². The molecule has 2 heterocycles. The van der Waals surface area contributed by atoms with E-state index >= 15 is 0 Å². The third-order valence-corrected chi connectivity index (χ3v) is 4.77. The number of rotatable bonds is 5. The Morgan fingerprint density at radius 1 is 1.46 bits per heavy atom. The van der Waals surface area contributed by atoms with E-state index in [1.807, 2.05) is 12.1 Å². The fourth-order valence-electron chi connectivity index (χ4n) is 3.73. The smallest absolute Gasteiger partial charge is 0.162 e. The van der Waals surface area contributed by atoms with Crippen molar-refractivity contribution in [2.75, 3.05) is 19.8 Å². The molecule has 0 fully saturated rings. The van der Waals surface area contributed by atoms with Crippen LogP contribution in [0.4, 0.5) is 0 Å². The predicted molar refractivity (Wildman–Crippen MR) is 97.7 cm³/mol. The molecule has 0 spiro atoms. The summed E-state index contributed by atoms with van der Waals surface area (Å²) in [7, 11) is 0. The van der Waals surface area contributed by atoms with Crippen LogP contribution in [0.5, 0.6) is 0 Å². The van der Waals surface area contributed by atoms with Gasteiger partial charge in [-0.1, -0.05) is 19.9 Å². The molecule has 1 aliphatic heterocycles. The van der Waals surface area contributed by atoms with Gasteiger partial charge in [-0.2, -0.15) is 5.26 Å². The zero-order chi connectivity index (χ0) is 18.7. The van der Waals surface area contributed by atoms with Crippen molar-refractivity contribution in [1.82, 2.24) is 10.3 Å². The summed E-state index contributed by atoms with van der Waals surface area (Å²) in [4.78, 5) is 17.1. The summed E-state index contributed by atoms with van der Waals surface area (Å²) in [6, 6.07) is 6.04. The van der Waals surface area contributed by atoms with E-state index in [4.69, 9.17) is 10.5 Å². The third kappa shape index (κ3) is 3.55. The Labute approximate surface area is 153 Å². The zero-order valence-corrected chi connectivity index (χ0v) is 15.2. The van der Waals surface area contributed by atoms with E-state index in [0.29, 0.717) is 36.4 Å². The quantitative estimate of drug-likeness (QED) is 0.788. The molecule has 3 rings (SSSR count). The molecule has 0 saturated heterocycles. The minimum Gasteiger partial charge on any atom is -0.374 e. The molecule has 0 bridgehead atoms. The standard InChI is InChI=1S/C20H24N4O2/c1-20(2)8-15-19(17(25)9-20)18(13-4-3-6-23-11-13)14(10-22)16(24-15)12-26-7-5-21/h3-4,6,11,18,24H,5,7-9,12,21H2,1-2H3. The Morgan fingerprint density at radius 2 is 2.27 bits per heavy atom. The SMILES string of the molecule is CC1(C)CC(=O)C2=C(C1)NC(COCCN)=C(C#N)C2c1cccnc1. The second-order valence-corrected chi connectivity index (χ2v) is 7.52. The molecule has 0 saturated carbocycles. The molecule has 1 aromatic rings. The lowest BCUT2D eigenvalue weighted by Gasteiger charge is -2.39. The van der Waals surface area contributed by atoms with Gasteiger partial charge in [0, 0.05) is 36.6 Å². The first-order chi connectivity index (χ1) is 12.5. The average molecular weight is 352 g/mol. The van der Waals surface area contributed by atoms with Gasteiger partial charge in [0.25, 0.3) is 0 Å². The molecule has 1 aliphatic carbocycles. The first-order valence-electron chi connectivity index (χ1n) is 8.81. The number of dihydropyridines is 1. The fourth-order valence-corrected chi connectivity index (χ4v) is 3.73. The van der Waals surface area contributed by atoms with Crippen molar-refractivity contribution in [3.05, 3.63) is 52.6 Å². The number of hydrogen-bond donors (Lipinski definition) is 2. The highest BCUT2D eigenvalue weighted by Crippen LogP contribution is 2.46. The molecule has 26 heavy (non-hydrogen) atoms. The van der Waals surface area contributed by atoms with Crippen molar-refractivity contribution in [2.24, 2.45) is 11.1 Å². The molecule has 6 nitrogen and oxygen atoms in total. The molecular weight excluding hydrogens is 328 g/mol. The van der Waals surface area contributed by atoms with Crippen LogP contribution < -0.4 is 11.1 Å². The molecule has 2 aliphatic rings. The number of carbonyl (C=O) groups is 1. The molecule has 3 N–H and O–H groups in total. The average Bonchev–Trinajstić information content (AvgIpc) is 2.60. The minimum absolute atomic E-state index is 0.0901. The van der Waals surface area contributed by atoms with Crippen LogP contribution in [0.2, 0.25) is 0 Å². The first-order valence-corrected chi connectivity index (χ1v) is 8.81. The number of nitrogens with zero attached hydrogens (tertiary/aromatic N) is 2. The number of allylic oxidation sites excluding steroid dienone is 3. The maximum Gasteiger partial charge on any atom is 0.162 e. The van der Waals surface area contributed by atoms with E-state index in [1.54, 1.807) is 12.4 Å². The highest BCUT2D eigenvalue weighted by molar-refractivity contribution is 6.00. The van der Waals surface area contributed by atoms with Gasteiger partial charge in [-0.15, -0.1) is 0 Å². The lowest BCUT2D eigenvalue weighted by Crippen LogP contribution is -2.38. The van der Waals surface area contributed by atoms with E-state index in [1.165, 1.54) is 0 Å². The summed E-state index contributed by atoms with van der Waals surface area (Å²) in [5.41, 5.74) is 9.04. The van der Waals surface area contributed by atoms with Crippen LogP contribution in [0.1, 0.15) is 38.2 Å². The molecule has 6 heteroatoms. The van der Waals surface area contributed by atoms with E-state index in [9.17, 15) is 10.1 Å². The molecule has 1 atom stereocenters. The van der Waals surface area contributed by atoms with Crippen LogP contribution in [0, 0.1) is 16.7 Å². The summed E-state index contributed by atoms with van der Waals surface area (Å²) in [6.45, 7) is 5.27. The van der Waals surface area contributed by atoms with Gasteiger partial charge in [0.05, 0.1) is 36.5 Å². The van der Waals surface area contributed by atoms with Crippen LogP contribution in [0.3, 0.4) is 0 Å². The Kier molecular flexibility index (Phi) is 5.21. The van der Waals surface area contributed by atoms with Crippen molar-refractivity contribution < 1.29 is 9.53 Å². The number of aromatic nitrogens is 1. The van der Waals surface area contributed by atoms with E-state index in [2.05, 4.69) is 30.2 Å². The lowest BCUT2D eigenvalue weighted by molar-refractivity contribution is -0.118. The molecule has 136 valence electrons. The number of nitriles is 1. The van der Waals surface area contributed by atoms with Crippen molar-refractivity contribution in [2.45, 2.75) is 32.6 Å². The van der Waals surface area contributed by atoms with Crippen LogP contribution in [0.25, 0.3) is 0 Å². The highest BCUT2D eigenvalue weighted by atomic mass is 16.5. The van der Waals surface area contributed by atoms with Crippen molar-refractivity contribution in [3.8, 4) is 6.07 Å². The Bertz CT molecular complexity index is 803. The summed E-state index contributed by atoms with van der Waals surface area (Å²) >= 11 is 0. The number of Topliss-reactive ketones (excluding diaryl/α,β-unsaturated/α-hetero) is 1. The first kappa shape index (κ1) is 18.3. The molecular formula is C20H24N4O2. The Hall–Kier alpha value is -2.49. The van der Waals surface area contributed by atoms with Crippen LogP contribution in [0.15, 0.2) is 47.1 Å². The molecule has 0 aromatic carbocycles. The number of nitrogens with one attached hydrogen (secondary N) is 1. The number of pyridine rings is 1. The summed E-state index contributed by atoms with van der Waals surface area (Å²) in [5.74, 6) is -0.308. The largest absolute Gasteiger partial charge is 0.374 e. The van der Waals surface area contributed by atoms with Crippen molar-refractivity contribution in [1.29, 1.82) is 5.26 Å². The van der Waals surface area contributed by atoms with Gasteiger partial charge < -0.3 is 15.8 Å². The Morgan fingerprint density at radius 3 is 2.92 bits per heavy atom. The van der Waals surface area contributed by atoms with Gasteiger partial charge in [-0.25, -0.2) is 0 Å². The molecule has 0 radical (unpaired) electrons. The second kappa shape index (κ2) is 7.40. The summed E-state index contributed by atoms with van der Waals surface area (Å²) in [5, 5.41) is 13.2. The van der Waals surface area contributed by atoms with Crippen molar-refractivity contribution >= 4 is 5.78 Å². The molecule has 1 aromatic heterocycles. The van der Waals surface area contributed by atoms with Gasteiger partial charge in [0.1, 0.15) is 0 Å². The van der Waals surface area contributed by atoms with Crippen LogP contribution >= 0.6 is 0 Å². The number of nitrogens with two attached hydrogens (primary N) is 1. The maximum atomic E-state index is 13.0. The zero-order valence-electron chi connectivity index (χ0n) is 15.2. The lowest BCUT2D eigenvalue weighted by atomic mass is 9.69. The monoisotopic (exact) mass is 352 g/mol. The number of hydrogen-bond acceptors (Lipinski definition) is 6. The van der Waals surface area contributed by atoms with Gasteiger partial charge in [0.15, 0.2) is 5.78 Å². The topological polar surface area (TPSA) is 101 Å². The Balaban J connectivity index is 2.09. The van der Waals surface area contributed by atoms with Gasteiger partial charge >= 0.3 is 0 Å². The molecule has 0 amide bonds. The normalized spacial score (nSPS) is 21.9. The summed E-state index contributed by atoms with van der Waals surface area (Å²) < 4.78 is 5.58. The van der Waals surface area contributed by atoms with Crippen molar-refractivity contribution in [3.63, 3.8) is 0 Å². The van der Waals surface area contributed by atoms with Gasteiger partial charge in [-0.05, 0) is 23.5 Å². The van der Waals surface area contributed by atoms with Crippen LogP contribution in [-0.2, 0) is 9.53 Å². The van der Waals surface area contributed by atoms with Gasteiger partial charge in [-0.3, -0.25) is 9.78 Å². The summed E-state index contributed by atoms with van der Waals surface area (Å²) in [6.07, 6.45) is 4.64.